The number of aryl methyl sites for hydroxylation is 2. The van der Waals surface area contributed by atoms with E-state index in [-0.39, 0.29) is 12.0 Å². The van der Waals surface area contributed by atoms with Crippen LogP contribution in [0.15, 0.2) is 29.7 Å². The smallest absolute Gasteiger partial charge is 0.321 e. The van der Waals surface area contributed by atoms with Crippen LogP contribution in [0.5, 0.6) is 0 Å². The Morgan fingerprint density at radius 2 is 1.86 bits per heavy atom. The first-order chi connectivity index (χ1) is 10.6. The van der Waals surface area contributed by atoms with Gasteiger partial charge in [-0.1, -0.05) is 11.8 Å². The molecule has 116 valence electrons. The first-order valence-electron chi connectivity index (χ1n) is 6.90. The van der Waals surface area contributed by atoms with Gasteiger partial charge in [-0.25, -0.2) is 24.7 Å². The number of carbonyl (C=O) groups excluding carboxylic acids is 1. The molecule has 2 aromatic rings. The average Bonchev–Trinajstić information content (AvgIpc) is 2.47. The molecule has 8 heteroatoms. The monoisotopic (exact) mass is 318 g/mol. The number of aromatic nitrogens is 4. The molecule has 0 atom stereocenters. The fourth-order valence-corrected chi connectivity index (χ4v) is 2.59. The highest BCUT2D eigenvalue weighted by atomic mass is 32.2. The lowest BCUT2D eigenvalue weighted by Crippen LogP contribution is -2.30. The van der Waals surface area contributed by atoms with Gasteiger partial charge in [0.15, 0.2) is 5.16 Å². The minimum absolute atomic E-state index is 0.290. The fraction of sp³-hybridized carbons (Fsp3) is 0.357. The molecule has 0 radical (unpaired) electrons. The Morgan fingerprint density at radius 1 is 1.18 bits per heavy atom. The first-order valence-corrected chi connectivity index (χ1v) is 7.89. The number of carbonyl (C=O) groups is 1. The van der Waals surface area contributed by atoms with Crippen LogP contribution < -0.4 is 10.6 Å². The topological polar surface area (TPSA) is 92.7 Å². The molecule has 0 aliphatic carbocycles. The van der Waals surface area contributed by atoms with Crippen LogP contribution in [-0.4, -0.2) is 38.3 Å². The lowest BCUT2D eigenvalue weighted by molar-refractivity contribution is 0.252. The molecule has 0 aliphatic heterocycles. The van der Waals surface area contributed by atoms with E-state index < -0.39 is 0 Å². The van der Waals surface area contributed by atoms with Crippen molar-refractivity contribution in [2.75, 3.05) is 17.6 Å². The second-order valence-electron chi connectivity index (χ2n) is 4.59. The van der Waals surface area contributed by atoms with E-state index in [9.17, 15) is 4.79 Å². The molecule has 2 amide bonds. The molecule has 2 aromatic heterocycles. The zero-order valence-corrected chi connectivity index (χ0v) is 13.4. The third kappa shape index (κ3) is 5.65. The summed E-state index contributed by atoms with van der Waals surface area (Å²) < 4.78 is 0. The summed E-state index contributed by atoms with van der Waals surface area (Å²) in [5.74, 6) is 1.13. The van der Waals surface area contributed by atoms with Crippen molar-refractivity contribution in [1.82, 2.24) is 25.3 Å². The standard InChI is InChI=1S/C14H18N6OS/c1-10-9-11(2)19-14(18-10)22-8-4-7-17-13(21)20-12-15-5-3-6-16-12/h3,5-6,9H,4,7-8H2,1-2H3,(H2,15,16,17,20,21). The zero-order valence-electron chi connectivity index (χ0n) is 12.5. The molecule has 0 aromatic carbocycles. The van der Waals surface area contributed by atoms with Crippen molar-refractivity contribution in [2.45, 2.75) is 25.4 Å². The number of anilines is 1. The van der Waals surface area contributed by atoms with E-state index in [0.717, 1.165) is 28.7 Å². The Kier molecular flexibility index (Phi) is 6.08. The van der Waals surface area contributed by atoms with Gasteiger partial charge in [-0.15, -0.1) is 0 Å². The maximum Gasteiger partial charge on any atom is 0.321 e. The van der Waals surface area contributed by atoms with E-state index in [2.05, 4.69) is 30.6 Å². The summed E-state index contributed by atoms with van der Waals surface area (Å²) >= 11 is 1.59. The van der Waals surface area contributed by atoms with E-state index in [1.165, 1.54) is 0 Å². The van der Waals surface area contributed by atoms with Gasteiger partial charge in [-0.2, -0.15) is 0 Å². The van der Waals surface area contributed by atoms with Crippen molar-refractivity contribution >= 4 is 23.7 Å². The largest absolute Gasteiger partial charge is 0.338 e. The highest BCUT2D eigenvalue weighted by molar-refractivity contribution is 7.99. The molecule has 0 aliphatic rings. The van der Waals surface area contributed by atoms with Crippen molar-refractivity contribution in [3.05, 3.63) is 35.9 Å². The Bertz CT molecular complexity index is 602. The number of nitrogens with one attached hydrogen (secondary N) is 2. The molecular weight excluding hydrogens is 300 g/mol. The summed E-state index contributed by atoms with van der Waals surface area (Å²) in [7, 11) is 0. The maximum atomic E-state index is 11.6. The molecule has 2 N–H and O–H groups in total. The number of rotatable bonds is 6. The molecule has 7 nitrogen and oxygen atoms in total. The van der Waals surface area contributed by atoms with Crippen LogP contribution in [0.4, 0.5) is 10.7 Å². The van der Waals surface area contributed by atoms with Gasteiger partial charge in [0.05, 0.1) is 0 Å². The normalized spacial score (nSPS) is 10.3. The number of nitrogens with zero attached hydrogens (tertiary/aromatic N) is 4. The number of hydrogen-bond acceptors (Lipinski definition) is 6. The van der Waals surface area contributed by atoms with E-state index in [1.807, 2.05) is 19.9 Å². The molecule has 0 bridgehead atoms. The van der Waals surface area contributed by atoms with E-state index >= 15 is 0 Å². The van der Waals surface area contributed by atoms with Gasteiger partial charge < -0.3 is 5.32 Å². The van der Waals surface area contributed by atoms with Gasteiger partial charge in [0.2, 0.25) is 5.95 Å². The molecule has 22 heavy (non-hydrogen) atoms. The Morgan fingerprint density at radius 3 is 2.55 bits per heavy atom. The number of hydrogen-bond donors (Lipinski definition) is 2. The van der Waals surface area contributed by atoms with E-state index in [4.69, 9.17) is 0 Å². The fourth-order valence-electron chi connectivity index (χ4n) is 1.71. The predicted molar refractivity (Wildman–Crippen MR) is 85.9 cm³/mol. The molecule has 2 rings (SSSR count). The Labute approximate surface area is 133 Å². The van der Waals surface area contributed by atoms with Crippen molar-refractivity contribution < 1.29 is 4.79 Å². The van der Waals surface area contributed by atoms with Crippen LogP contribution in [0.2, 0.25) is 0 Å². The number of urea groups is 1. The van der Waals surface area contributed by atoms with Gasteiger partial charge in [-0.3, -0.25) is 5.32 Å². The van der Waals surface area contributed by atoms with Crippen molar-refractivity contribution in [3.63, 3.8) is 0 Å². The Hall–Kier alpha value is -2.22. The second kappa shape index (κ2) is 8.28. The van der Waals surface area contributed by atoms with Crippen LogP contribution >= 0.6 is 11.8 Å². The molecule has 0 saturated carbocycles. The minimum atomic E-state index is -0.307. The molecule has 0 unspecified atom stereocenters. The molecule has 0 fully saturated rings. The first kappa shape index (κ1) is 16.2. The lowest BCUT2D eigenvalue weighted by atomic mass is 10.4. The summed E-state index contributed by atoms with van der Waals surface area (Å²) in [5.41, 5.74) is 1.94. The third-order valence-electron chi connectivity index (χ3n) is 2.59. The molecule has 2 heterocycles. The van der Waals surface area contributed by atoms with Crippen molar-refractivity contribution in [1.29, 1.82) is 0 Å². The van der Waals surface area contributed by atoms with Crippen molar-refractivity contribution in [2.24, 2.45) is 0 Å². The highest BCUT2D eigenvalue weighted by Gasteiger charge is 2.03. The summed E-state index contributed by atoms with van der Waals surface area (Å²) in [6, 6.07) is 3.33. The van der Waals surface area contributed by atoms with Crippen LogP contribution in [-0.2, 0) is 0 Å². The summed E-state index contributed by atoms with van der Waals surface area (Å²) in [4.78, 5) is 28.1. The van der Waals surface area contributed by atoms with Gasteiger partial charge in [0, 0.05) is 36.1 Å². The Balaban J connectivity index is 1.64. The third-order valence-corrected chi connectivity index (χ3v) is 3.52. The van der Waals surface area contributed by atoms with Crippen LogP contribution in [0.25, 0.3) is 0 Å². The molecule has 0 saturated heterocycles. The van der Waals surface area contributed by atoms with Crippen LogP contribution in [0.3, 0.4) is 0 Å². The van der Waals surface area contributed by atoms with Crippen LogP contribution in [0.1, 0.15) is 17.8 Å². The average molecular weight is 318 g/mol. The lowest BCUT2D eigenvalue weighted by Gasteiger charge is -2.06. The highest BCUT2D eigenvalue weighted by Crippen LogP contribution is 2.14. The summed E-state index contributed by atoms with van der Waals surface area (Å²) in [6.45, 7) is 4.48. The maximum absolute atomic E-state index is 11.6. The summed E-state index contributed by atoms with van der Waals surface area (Å²) in [5, 5.41) is 6.10. The van der Waals surface area contributed by atoms with E-state index in [0.29, 0.717) is 6.54 Å². The zero-order chi connectivity index (χ0) is 15.8. The molecule has 0 spiro atoms. The molecular formula is C14H18N6OS. The van der Waals surface area contributed by atoms with Gasteiger partial charge in [0.25, 0.3) is 0 Å². The predicted octanol–water partition coefficient (Wildman–Crippen LogP) is 2.19. The van der Waals surface area contributed by atoms with Gasteiger partial charge in [0.1, 0.15) is 0 Å². The minimum Gasteiger partial charge on any atom is -0.338 e. The van der Waals surface area contributed by atoms with Gasteiger partial charge in [-0.05, 0) is 32.4 Å². The second-order valence-corrected chi connectivity index (χ2v) is 5.65. The number of thioether (sulfide) groups is 1. The van der Waals surface area contributed by atoms with Gasteiger partial charge >= 0.3 is 6.03 Å². The van der Waals surface area contributed by atoms with Crippen molar-refractivity contribution in [3.8, 4) is 0 Å². The van der Waals surface area contributed by atoms with E-state index in [1.54, 1.807) is 30.2 Å². The quantitative estimate of drug-likeness (QED) is 0.482. The number of amides is 2. The summed E-state index contributed by atoms with van der Waals surface area (Å²) in [6.07, 6.45) is 3.97. The van der Waals surface area contributed by atoms with Crippen LogP contribution in [0, 0.1) is 13.8 Å². The SMILES string of the molecule is Cc1cc(C)nc(SCCCNC(=O)Nc2ncccn2)n1.